The van der Waals surface area contributed by atoms with Crippen molar-refractivity contribution >= 4 is 23.2 Å². The zero-order valence-corrected chi connectivity index (χ0v) is 12.7. The minimum absolute atomic E-state index is 0.407. The van der Waals surface area contributed by atoms with Crippen molar-refractivity contribution < 1.29 is 4.74 Å². The fourth-order valence-electron chi connectivity index (χ4n) is 1.75. The largest absolute Gasteiger partial charge is 0.439 e. The first kappa shape index (κ1) is 14.1. The van der Waals surface area contributed by atoms with Gasteiger partial charge < -0.3 is 4.74 Å². The zero-order valence-electron chi connectivity index (χ0n) is 11.2. The zero-order chi connectivity index (χ0) is 14.2. The van der Waals surface area contributed by atoms with Crippen LogP contribution in [0.15, 0.2) is 12.1 Å². The Labute approximate surface area is 122 Å². The van der Waals surface area contributed by atoms with Gasteiger partial charge in [-0.15, -0.1) is 0 Å². The van der Waals surface area contributed by atoms with Crippen molar-refractivity contribution in [1.82, 2.24) is 9.97 Å². The maximum absolute atomic E-state index is 6.13. The average molecular weight is 297 g/mol. The second-order valence-electron chi connectivity index (χ2n) is 4.46. The van der Waals surface area contributed by atoms with E-state index in [9.17, 15) is 0 Å². The van der Waals surface area contributed by atoms with Crippen LogP contribution in [0.2, 0.25) is 10.2 Å². The maximum atomic E-state index is 6.13. The fraction of sp³-hybridized carbons (Fsp3) is 0.286. The van der Waals surface area contributed by atoms with E-state index >= 15 is 0 Å². The third-order valence-corrected chi connectivity index (χ3v) is 3.74. The van der Waals surface area contributed by atoms with Crippen molar-refractivity contribution in [3.63, 3.8) is 0 Å². The second-order valence-corrected chi connectivity index (χ2v) is 5.20. The van der Waals surface area contributed by atoms with Gasteiger partial charge in [0.25, 0.3) is 0 Å². The molecule has 19 heavy (non-hydrogen) atoms. The Kier molecular flexibility index (Phi) is 3.97. The van der Waals surface area contributed by atoms with Crippen molar-refractivity contribution in [2.45, 2.75) is 27.7 Å². The average Bonchev–Trinajstić information content (AvgIpc) is 2.32. The summed E-state index contributed by atoms with van der Waals surface area (Å²) in [6, 6.07) is 3.75. The van der Waals surface area contributed by atoms with Gasteiger partial charge in [-0.05, 0) is 51.0 Å². The quantitative estimate of drug-likeness (QED) is 0.746. The molecule has 100 valence electrons. The van der Waals surface area contributed by atoms with Gasteiger partial charge in [0.1, 0.15) is 16.7 Å². The number of aryl methyl sites for hydroxylation is 3. The molecule has 0 amide bonds. The number of hydrogen-bond donors (Lipinski definition) is 0. The molecule has 0 aliphatic rings. The van der Waals surface area contributed by atoms with Crippen LogP contribution < -0.4 is 4.74 Å². The SMILES string of the molecule is Cc1nc(Cl)c(C)c(Oc2cc(C)c(Cl)c(C)c2)n1. The Bertz CT molecular complexity index is 619. The van der Waals surface area contributed by atoms with E-state index in [0.29, 0.717) is 22.6 Å². The lowest BCUT2D eigenvalue weighted by Crippen LogP contribution is -1.98. The standard InChI is InChI=1S/C14H14Cl2N2O/c1-7-5-11(6-8(2)12(7)15)19-14-9(3)13(16)17-10(4)18-14/h5-6H,1-4H3. The predicted molar refractivity (Wildman–Crippen MR) is 77.5 cm³/mol. The van der Waals surface area contributed by atoms with Gasteiger partial charge in [-0.2, -0.15) is 4.98 Å². The first-order chi connectivity index (χ1) is 8.88. The van der Waals surface area contributed by atoms with Crippen LogP contribution in [0.1, 0.15) is 22.5 Å². The molecule has 5 heteroatoms. The number of ether oxygens (including phenoxy) is 1. The van der Waals surface area contributed by atoms with Gasteiger partial charge in [0, 0.05) is 10.6 Å². The molecule has 2 aromatic rings. The molecule has 3 nitrogen and oxygen atoms in total. The molecule has 0 unspecified atom stereocenters. The molecule has 0 radical (unpaired) electrons. The van der Waals surface area contributed by atoms with Crippen LogP contribution in [-0.4, -0.2) is 9.97 Å². The van der Waals surface area contributed by atoms with E-state index in [-0.39, 0.29) is 0 Å². The Morgan fingerprint density at radius 2 is 1.53 bits per heavy atom. The van der Waals surface area contributed by atoms with Crippen molar-refractivity contribution in [1.29, 1.82) is 0 Å². The Morgan fingerprint density at radius 3 is 2.11 bits per heavy atom. The molecule has 0 bridgehead atoms. The number of aromatic nitrogens is 2. The third kappa shape index (κ3) is 2.99. The molecule has 1 aromatic heterocycles. The summed E-state index contributed by atoms with van der Waals surface area (Å²) in [6.45, 7) is 7.48. The van der Waals surface area contributed by atoms with Gasteiger partial charge in [0.2, 0.25) is 5.88 Å². The maximum Gasteiger partial charge on any atom is 0.226 e. The molecule has 0 atom stereocenters. The number of nitrogens with zero attached hydrogens (tertiary/aromatic N) is 2. The van der Waals surface area contributed by atoms with Crippen molar-refractivity contribution in [3.8, 4) is 11.6 Å². The van der Waals surface area contributed by atoms with Crippen LogP contribution in [0.25, 0.3) is 0 Å². The highest BCUT2D eigenvalue weighted by atomic mass is 35.5. The smallest absolute Gasteiger partial charge is 0.226 e. The topological polar surface area (TPSA) is 35.0 Å². The van der Waals surface area contributed by atoms with Crippen LogP contribution >= 0.6 is 23.2 Å². The summed E-state index contributed by atoms with van der Waals surface area (Å²) in [7, 11) is 0. The van der Waals surface area contributed by atoms with Gasteiger partial charge in [-0.1, -0.05) is 23.2 Å². The van der Waals surface area contributed by atoms with Gasteiger partial charge >= 0.3 is 0 Å². The Morgan fingerprint density at radius 1 is 0.947 bits per heavy atom. The van der Waals surface area contributed by atoms with Crippen LogP contribution in [-0.2, 0) is 0 Å². The highest BCUT2D eigenvalue weighted by Crippen LogP contribution is 2.31. The summed E-state index contributed by atoms with van der Waals surface area (Å²) < 4.78 is 5.79. The van der Waals surface area contributed by atoms with E-state index in [4.69, 9.17) is 27.9 Å². The molecular formula is C14H14Cl2N2O. The molecule has 0 spiro atoms. The van der Waals surface area contributed by atoms with Gasteiger partial charge in [0.15, 0.2) is 0 Å². The van der Waals surface area contributed by atoms with E-state index in [0.717, 1.165) is 21.7 Å². The molecule has 0 fully saturated rings. The number of hydrogen-bond acceptors (Lipinski definition) is 3. The first-order valence-corrected chi connectivity index (χ1v) is 6.59. The van der Waals surface area contributed by atoms with Gasteiger partial charge in [-0.25, -0.2) is 4.98 Å². The number of rotatable bonds is 2. The number of halogens is 2. The lowest BCUT2D eigenvalue weighted by molar-refractivity contribution is 0.455. The van der Waals surface area contributed by atoms with E-state index in [1.165, 1.54) is 0 Å². The summed E-state index contributed by atoms with van der Waals surface area (Å²) >= 11 is 12.2. The van der Waals surface area contributed by atoms with Crippen LogP contribution in [0.5, 0.6) is 11.6 Å². The molecule has 2 rings (SSSR count). The van der Waals surface area contributed by atoms with Gasteiger partial charge in [-0.3, -0.25) is 0 Å². The minimum atomic E-state index is 0.407. The first-order valence-electron chi connectivity index (χ1n) is 5.84. The van der Waals surface area contributed by atoms with E-state index in [1.807, 2.05) is 32.9 Å². The molecule has 1 heterocycles. The highest BCUT2D eigenvalue weighted by molar-refractivity contribution is 6.32. The Balaban J connectivity index is 2.42. The van der Waals surface area contributed by atoms with Crippen LogP contribution in [0.3, 0.4) is 0 Å². The highest BCUT2D eigenvalue weighted by Gasteiger charge is 2.11. The number of benzene rings is 1. The molecule has 0 aliphatic carbocycles. The van der Waals surface area contributed by atoms with Crippen LogP contribution in [0.4, 0.5) is 0 Å². The third-order valence-electron chi connectivity index (χ3n) is 2.78. The van der Waals surface area contributed by atoms with Gasteiger partial charge in [0.05, 0.1) is 0 Å². The monoisotopic (exact) mass is 296 g/mol. The molecule has 0 saturated carbocycles. The summed E-state index contributed by atoms with van der Waals surface area (Å²) in [5, 5.41) is 1.16. The van der Waals surface area contributed by atoms with E-state index in [2.05, 4.69) is 9.97 Å². The van der Waals surface area contributed by atoms with Crippen molar-refractivity contribution in [2.24, 2.45) is 0 Å². The molecule has 1 aromatic carbocycles. The summed E-state index contributed by atoms with van der Waals surface area (Å²) in [4.78, 5) is 8.34. The normalized spacial score (nSPS) is 10.6. The summed E-state index contributed by atoms with van der Waals surface area (Å²) in [6.07, 6.45) is 0. The van der Waals surface area contributed by atoms with E-state index in [1.54, 1.807) is 6.92 Å². The molecule has 0 saturated heterocycles. The van der Waals surface area contributed by atoms with Crippen LogP contribution in [0, 0.1) is 27.7 Å². The van der Waals surface area contributed by atoms with Crippen molar-refractivity contribution in [2.75, 3.05) is 0 Å². The Hall–Kier alpha value is -1.32. The lowest BCUT2D eigenvalue weighted by atomic mass is 10.1. The molecule has 0 N–H and O–H groups in total. The predicted octanol–water partition coefficient (Wildman–Crippen LogP) is 4.81. The van der Waals surface area contributed by atoms with Crippen molar-refractivity contribution in [3.05, 3.63) is 44.8 Å². The molecular weight excluding hydrogens is 283 g/mol. The lowest BCUT2D eigenvalue weighted by Gasteiger charge is -2.11. The minimum Gasteiger partial charge on any atom is -0.439 e. The second kappa shape index (κ2) is 5.35. The summed E-state index contributed by atoms with van der Waals surface area (Å²) in [5.41, 5.74) is 2.65. The van der Waals surface area contributed by atoms with E-state index < -0.39 is 0 Å². The fourth-order valence-corrected chi connectivity index (χ4v) is 2.06. The molecule has 0 aliphatic heterocycles. The summed E-state index contributed by atoms with van der Waals surface area (Å²) in [5.74, 6) is 1.74.